The van der Waals surface area contributed by atoms with Gasteiger partial charge in [-0.15, -0.1) is 0 Å². The second-order valence-electron chi connectivity index (χ2n) is 4.51. The van der Waals surface area contributed by atoms with E-state index in [9.17, 15) is 4.79 Å². The molecule has 0 N–H and O–H groups in total. The molecule has 0 bridgehead atoms. The Bertz CT molecular complexity index is 374. The van der Waals surface area contributed by atoms with Crippen LogP contribution in [0.4, 0.5) is 0 Å². The van der Waals surface area contributed by atoms with Crippen LogP contribution < -0.4 is 0 Å². The van der Waals surface area contributed by atoms with Gasteiger partial charge in [-0.3, -0.25) is 0 Å². The Labute approximate surface area is 115 Å². The maximum absolute atomic E-state index is 12.0. The van der Waals surface area contributed by atoms with Crippen molar-refractivity contribution >= 4 is 5.97 Å². The predicted octanol–water partition coefficient (Wildman–Crippen LogP) is 3.61. The van der Waals surface area contributed by atoms with E-state index in [0.717, 1.165) is 37.9 Å². The SMILES string of the molecule is CCCCOCCOC(=O)c1ccccc1CCC. The highest BCUT2D eigenvalue weighted by Gasteiger charge is 2.11. The number of hydrogen-bond acceptors (Lipinski definition) is 3. The molecule has 3 nitrogen and oxygen atoms in total. The van der Waals surface area contributed by atoms with Crippen molar-refractivity contribution in [3.8, 4) is 0 Å². The number of esters is 1. The number of carbonyl (C=O) groups excluding carboxylic acids is 1. The number of aryl methyl sites for hydroxylation is 1. The average molecular weight is 264 g/mol. The summed E-state index contributed by atoms with van der Waals surface area (Å²) in [5.41, 5.74) is 1.74. The van der Waals surface area contributed by atoms with Crippen molar-refractivity contribution < 1.29 is 14.3 Å². The smallest absolute Gasteiger partial charge is 0.338 e. The molecule has 1 rings (SSSR count). The Kier molecular flexibility index (Phi) is 7.91. The minimum Gasteiger partial charge on any atom is -0.460 e. The van der Waals surface area contributed by atoms with E-state index in [1.165, 1.54) is 0 Å². The van der Waals surface area contributed by atoms with Gasteiger partial charge in [-0.05, 0) is 24.5 Å². The van der Waals surface area contributed by atoms with Crippen molar-refractivity contribution in [1.29, 1.82) is 0 Å². The molecule has 0 saturated carbocycles. The van der Waals surface area contributed by atoms with Crippen LogP contribution in [-0.4, -0.2) is 25.8 Å². The van der Waals surface area contributed by atoms with Crippen LogP contribution in [0.2, 0.25) is 0 Å². The fourth-order valence-electron chi connectivity index (χ4n) is 1.83. The van der Waals surface area contributed by atoms with E-state index >= 15 is 0 Å². The molecule has 0 heterocycles. The fourth-order valence-corrected chi connectivity index (χ4v) is 1.83. The van der Waals surface area contributed by atoms with Gasteiger partial charge in [-0.25, -0.2) is 4.79 Å². The van der Waals surface area contributed by atoms with E-state index in [1.807, 2.05) is 24.3 Å². The van der Waals surface area contributed by atoms with Crippen molar-refractivity contribution in [1.82, 2.24) is 0 Å². The molecule has 0 atom stereocenters. The second kappa shape index (κ2) is 9.56. The lowest BCUT2D eigenvalue weighted by Crippen LogP contribution is -2.13. The molecular formula is C16H24O3. The first kappa shape index (κ1) is 15.7. The molecule has 0 aliphatic carbocycles. The molecule has 0 fully saturated rings. The lowest BCUT2D eigenvalue weighted by molar-refractivity contribution is 0.0313. The Morgan fingerprint density at radius 2 is 1.84 bits per heavy atom. The Hall–Kier alpha value is -1.35. The number of benzene rings is 1. The van der Waals surface area contributed by atoms with Gasteiger partial charge in [0.1, 0.15) is 6.61 Å². The molecule has 1 aromatic carbocycles. The standard InChI is InChI=1S/C16H24O3/c1-3-5-11-18-12-13-19-16(17)15-10-7-6-9-14(15)8-4-2/h6-7,9-10H,3-5,8,11-13H2,1-2H3. The number of hydrogen-bond donors (Lipinski definition) is 0. The maximum Gasteiger partial charge on any atom is 0.338 e. The quantitative estimate of drug-likeness (QED) is 0.505. The first-order chi connectivity index (χ1) is 9.29. The summed E-state index contributed by atoms with van der Waals surface area (Å²) < 4.78 is 10.6. The van der Waals surface area contributed by atoms with Crippen molar-refractivity contribution in [2.24, 2.45) is 0 Å². The lowest BCUT2D eigenvalue weighted by atomic mass is 10.0. The van der Waals surface area contributed by atoms with Gasteiger partial charge in [0.05, 0.1) is 12.2 Å². The molecule has 0 aliphatic rings. The summed E-state index contributed by atoms with van der Waals surface area (Å²) in [5.74, 6) is -0.247. The van der Waals surface area contributed by atoms with Crippen molar-refractivity contribution in [3.05, 3.63) is 35.4 Å². The van der Waals surface area contributed by atoms with E-state index in [0.29, 0.717) is 18.8 Å². The number of unbranched alkanes of at least 4 members (excludes halogenated alkanes) is 1. The molecule has 106 valence electrons. The monoisotopic (exact) mass is 264 g/mol. The highest BCUT2D eigenvalue weighted by atomic mass is 16.6. The van der Waals surface area contributed by atoms with Gasteiger partial charge >= 0.3 is 5.97 Å². The summed E-state index contributed by atoms with van der Waals surface area (Å²) in [4.78, 5) is 12.0. The number of carbonyl (C=O) groups is 1. The zero-order valence-electron chi connectivity index (χ0n) is 12.0. The highest BCUT2D eigenvalue weighted by molar-refractivity contribution is 5.91. The fraction of sp³-hybridized carbons (Fsp3) is 0.562. The number of ether oxygens (including phenoxy) is 2. The second-order valence-corrected chi connectivity index (χ2v) is 4.51. The first-order valence-electron chi connectivity index (χ1n) is 7.12. The van der Waals surface area contributed by atoms with E-state index in [2.05, 4.69) is 13.8 Å². The molecule has 0 spiro atoms. The zero-order valence-corrected chi connectivity index (χ0v) is 12.0. The van der Waals surface area contributed by atoms with Gasteiger partial charge in [0.25, 0.3) is 0 Å². The summed E-state index contributed by atoms with van der Waals surface area (Å²) in [6, 6.07) is 7.63. The zero-order chi connectivity index (χ0) is 13.9. The first-order valence-corrected chi connectivity index (χ1v) is 7.12. The summed E-state index contributed by atoms with van der Waals surface area (Å²) in [5, 5.41) is 0. The minimum absolute atomic E-state index is 0.247. The van der Waals surface area contributed by atoms with E-state index in [1.54, 1.807) is 0 Å². The van der Waals surface area contributed by atoms with Crippen LogP contribution >= 0.6 is 0 Å². The largest absolute Gasteiger partial charge is 0.460 e. The summed E-state index contributed by atoms with van der Waals surface area (Å²) >= 11 is 0. The van der Waals surface area contributed by atoms with Crippen LogP contribution in [0.5, 0.6) is 0 Å². The average Bonchev–Trinajstić information content (AvgIpc) is 2.43. The molecule has 0 amide bonds. The molecule has 0 radical (unpaired) electrons. The van der Waals surface area contributed by atoms with Crippen LogP contribution in [-0.2, 0) is 15.9 Å². The third-order valence-corrected chi connectivity index (χ3v) is 2.86. The highest BCUT2D eigenvalue weighted by Crippen LogP contribution is 2.12. The van der Waals surface area contributed by atoms with Gasteiger partial charge in [0.2, 0.25) is 0 Å². The normalized spacial score (nSPS) is 10.4. The van der Waals surface area contributed by atoms with Crippen LogP contribution in [0.15, 0.2) is 24.3 Å². The minimum atomic E-state index is -0.247. The topological polar surface area (TPSA) is 35.5 Å². The van der Waals surface area contributed by atoms with Gasteiger partial charge in [-0.1, -0.05) is 44.9 Å². The third kappa shape index (κ3) is 5.88. The molecule has 0 unspecified atom stereocenters. The predicted molar refractivity (Wildman–Crippen MR) is 76.4 cm³/mol. The van der Waals surface area contributed by atoms with Gasteiger partial charge < -0.3 is 9.47 Å². The molecule has 1 aromatic rings. The summed E-state index contributed by atoms with van der Waals surface area (Å²) in [7, 11) is 0. The summed E-state index contributed by atoms with van der Waals surface area (Å²) in [6.07, 6.45) is 4.08. The molecule has 3 heteroatoms. The van der Waals surface area contributed by atoms with Crippen LogP contribution in [0.3, 0.4) is 0 Å². The summed E-state index contributed by atoms with van der Waals surface area (Å²) in [6.45, 7) is 5.75. The number of rotatable bonds is 9. The molecular weight excluding hydrogens is 240 g/mol. The van der Waals surface area contributed by atoms with Crippen LogP contribution in [0.25, 0.3) is 0 Å². The molecule has 0 aliphatic heterocycles. The Morgan fingerprint density at radius 3 is 2.58 bits per heavy atom. The molecule has 0 saturated heterocycles. The van der Waals surface area contributed by atoms with E-state index < -0.39 is 0 Å². The van der Waals surface area contributed by atoms with E-state index in [-0.39, 0.29) is 5.97 Å². The van der Waals surface area contributed by atoms with Crippen molar-refractivity contribution in [3.63, 3.8) is 0 Å². The molecule has 19 heavy (non-hydrogen) atoms. The lowest BCUT2D eigenvalue weighted by Gasteiger charge is -2.09. The van der Waals surface area contributed by atoms with Gasteiger partial charge in [-0.2, -0.15) is 0 Å². The van der Waals surface area contributed by atoms with Gasteiger partial charge in [0.15, 0.2) is 0 Å². The van der Waals surface area contributed by atoms with E-state index in [4.69, 9.17) is 9.47 Å². The maximum atomic E-state index is 12.0. The van der Waals surface area contributed by atoms with Crippen LogP contribution in [0.1, 0.15) is 49.0 Å². The Balaban J connectivity index is 2.36. The van der Waals surface area contributed by atoms with Crippen molar-refractivity contribution in [2.45, 2.75) is 39.5 Å². The van der Waals surface area contributed by atoms with Crippen molar-refractivity contribution in [2.75, 3.05) is 19.8 Å². The van der Waals surface area contributed by atoms with Crippen LogP contribution in [0, 0.1) is 0 Å². The van der Waals surface area contributed by atoms with Gasteiger partial charge in [0, 0.05) is 6.61 Å². The molecule has 0 aromatic heterocycles. The Morgan fingerprint density at radius 1 is 1.05 bits per heavy atom. The third-order valence-electron chi connectivity index (χ3n) is 2.86.